The van der Waals surface area contributed by atoms with Gasteiger partial charge in [-0.25, -0.2) is 4.39 Å². The highest BCUT2D eigenvalue weighted by atomic mass is 19.1. The Hall–Kier alpha value is -2.96. The summed E-state index contributed by atoms with van der Waals surface area (Å²) in [6.07, 6.45) is 2.11. The van der Waals surface area contributed by atoms with Gasteiger partial charge in [-0.1, -0.05) is 17.3 Å². The van der Waals surface area contributed by atoms with Crippen LogP contribution in [-0.2, 0) is 11.2 Å². The molecule has 0 aliphatic rings. The van der Waals surface area contributed by atoms with Gasteiger partial charge in [0.1, 0.15) is 5.82 Å². The maximum atomic E-state index is 13.0. The highest BCUT2D eigenvalue weighted by Crippen LogP contribution is 2.21. The van der Waals surface area contributed by atoms with E-state index in [-0.39, 0.29) is 24.2 Å². The van der Waals surface area contributed by atoms with Crippen LogP contribution in [0.3, 0.4) is 0 Å². The Morgan fingerprint density at radius 3 is 2.72 bits per heavy atom. The molecule has 0 aliphatic carbocycles. The molecule has 130 valence electrons. The van der Waals surface area contributed by atoms with E-state index in [2.05, 4.69) is 10.1 Å². The van der Waals surface area contributed by atoms with Gasteiger partial charge in [-0.2, -0.15) is 4.98 Å². The topological polar surface area (TPSA) is 72.4 Å². The van der Waals surface area contributed by atoms with E-state index in [1.54, 1.807) is 36.2 Å². The van der Waals surface area contributed by atoms with E-state index in [0.717, 1.165) is 5.56 Å². The molecule has 1 aromatic carbocycles. The minimum atomic E-state index is -0.298. The molecule has 0 N–H and O–H groups in total. The molecule has 0 bridgehead atoms. The SMILES string of the molecule is CC(c1ccc(F)cc1)N(C)C(=O)CCc1nc(-c2ccco2)no1. The van der Waals surface area contributed by atoms with E-state index in [1.165, 1.54) is 18.4 Å². The highest BCUT2D eigenvalue weighted by Gasteiger charge is 2.19. The summed E-state index contributed by atoms with van der Waals surface area (Å²) in [7, 11) is 1.72. The van der Waals surface area contributed by atoms with Crippen LogP contribution in [0.5, 0.6) is 0 Å². The molecule has 3 aromatic rings. The molecule has 1 amide bonds. The van der Waals surface area contributed by atoms with Gasteiger partial charge in [0.05, 0.1) is 12.3 Å². The Balaban J connectivity index is 1.57. The molecule has 6 nitrogen and oxygen atoms in total. The molecule has 0 radical (unpaired) electrons. The molecular formula is C18H18FN3O3. The lowest BCUT2D eigenvalue weighted by molar-refractivity contribution is -0.131. The van der Waals surface area contributed by atoms with Crippen LogP contribution in [0.4, 0.5) is 4.39 Å². The second-order valence-corrected chi connectivity index (χ2v) is 5.72. The van der Waals surface area contributed by atoms with Gasteiger partial charge in [-0.3, -0.25) is 4.79 Å². The second kappa shape index (κ2) is 7.29. The van der Waals surface area contributed by atoms with Gasteiger partial charge < -0.3 is 13.8 Å². The van der Waals surface area contributed by atoms with Crippen LogP contribution in [0.25, 0.3) is 11.6 Å². The maximum absolute atomic E-state index is 13.0. The Bertz CT molecular complexity index is 828. The van der Waals surface area contributed by atoms with Crippen molar-refractivity contribution in [1.82, 2.24) is 15.0 Å². The third kappa shape index (κ3) is 3.93. The zero-order valence-electron chi connectivity index (χ0n) is 14.0. The van der Waals surface area contributed by atoms with Crippen LogP contribution in [0, 0.1) is 5.82 Å². The van der Waals surface area contributed by atoms with Crippen LogP contribution in [0.2, 0.25) is 0 Å². The Morgan fingerprint density at radius 1 is 1.28 bits per heavy atom. The van der Waals surface area contributed by atoms with Crippen LogP contribution in [0.1, 0.15) is 30.8 Å². The minimum absolute atomic E-state index is 0.0606. The van der Waals surface area contributed by atoms with Crippen molar-refractivity contribution in [2.24, 2.45) is 0 Å². The average Bonchev–Trinajstić information content (AvgIpc) is 3.30. The number of furan rings is 1. The summed E-state index contributed by atoms with van der Waals surface area (Å²) in [5.41, 5.74) is 0.871. The normalized spacial score (nSPS) is 12.1. The summed E-state index contributed by atoms with van der Waals surface area (Å²) in [5, 5.41) is 3.83. The molecule has 1 unspecified atom stereocenters. The lowest BCUT2D eigenvalue weighted by Gasteiger charge is -2.25. The fourth-order valence-electron chi connectivity index (χ4n) is 2.43. The van der Waals surface area contributed by atoms with Crippen molar-refractivity contribution in [2.75, 3.05) is 7.05 Å². The third-order valence-electron chi connectivity index (χ3n) is 4.09. The molecule has 25 heavy (non-hydrogen) atoms. The van der Waals surface area contributed by atoms with E-state index in [9.17, 15) is 9.18 Å². The van der Waals surface area contributed by atoms with E-state index < -0.39 is 0 Å². The van der Waals surface area contributed by atoms with Gasteiger partial charge in [-0.05, 0) is 36.8 Å². The molecule has 3 rings (SSSR count). The predicted octanol–water partition coefficient (Wildman–Crippen LogP) is 3.62. The predicted molar refractivity (Wildman–Crippen MR) is 87.9 cm³/mol. The number of nitrogens with zero attached hydrogens (tertiary/aromatic N) is 3. The fraction of sp³-hybridized carbons (Fsp3) is 0.278. The van der Waals surface area contributed by atoms with Crippen molar-refractivity contribution in [3.8, 4) is 11.6 Å². The lowest BCUT2D eigenvalue weighted by Crippen LogP contribution is -2.29. The molecule has 0 aliphatic heterocycles. The number of halogens is 1. The number of amides is 1. The third-order valence-corrected chi connectivity index (χ3v) is 4.09. The molecule has 0 saturated carbocycles. The van der Waals surface area contributed by atoms with Crippen LogP contribution < -0.4 is 0 Å². The van der Waals surface area contributed by atoms with Gasteiger partial charge in [0.25, 0.3) is 0 Å². The number of rotatable bonds is 6. The number of carbonyl (C=O) groups excluding carboxylic acids is 1. The largest absolute Gasteiger partial charge is 0.461 e. The first-order valence-electron chi connectivity index (χ1n) is 7.92. The average molecular weight is 343 g/mol. The summed E-state index contributed by atoms with van der Waals surface area (Å²) < 4.78 is 23.4. The van der Waals surface area contributed by atoms with Gasteiger partial charge in [-0.15, -0.1) is 0 Å². The van der Waals surface area contributed by atoms with Gasteiger partial charge in [0.15, 0.2) is 5.76 Å². The Morgan fingerprint density at radius 2 is 2.04 bits per heavy atom. The number of aryl methyl sites for hydroxylation is 1. The molecule has 1 atom stereocenters. The maximum Gasteiger partial charge on any atom is 0.238 e. The summed E-state index contributed by atoms with van der Waals surface area (Å²) >= 11 is 0. The molecule has 0 spiro atoms. The van der Waals surface area contributed by atoms with Crippen molar-refractivity contribution in [3.05, 3.63) is 59.9 Å². The zero-order chi connectivity index (χ0) is 17.8. The number of aromatic nitrogens is 2. The molecule has 7 heteroatoms. The molecule has 2 heterocycles. The van der Waals surface area contributed by atoms with Gasteiger partial charge >= 0.3 is 0 Å². The monoisotopic (exact) mass is 343 g/mol. The van der Waals surface area contributed by atoms with Crippen molar-refractivity contribution < 1.29 is 18.1 Å². The summed E-state index contributed by atoms with van der Waals surface area (Å²) in [4.78, 5) is 18.2. The van der Waals surface area contributed by atoms with Gasteiger partial charge in [0.2, 0.25) is 17.6 Å². The fourth-order valence-corrected chi connectivity index (χ4v) is 2.43. The quantitative estimate of drug-likeness (QED) is 0.683. The second-order valence-electron chi connectivity index (χ2n) is 5.72. The van der Waals surface area contributed by atoms with Crippen molar-refractivity contribution in [1.29, 1.82) is 0 Å². The number of carbonyl (C=O) groups is 1. The molecular weight excluding hydrogens is 325 g/mol. The minimum Gasteiger partial charge on any atom is -0.461 e. The van der Waals surface area contributed by atoms with E-state index in [1.807, 2.05) is 6.92 Å². The standard InChI is InChI=1S/C18H18FN3O3/c1-12(13-5-7-14(19)8-6-13)22(2)17(23)10-9-16-20-18(21-25-16)15-4-3-11-24-15/h3-8,11-12H,9-10H2,1-2H3. The van der Waals surface area contributed by atoms with Crippen LogP contribution >= 0.6 is 0 Å². The number of hydrogen-bond donors (Lipinski definition) is 0. The zero-order valence-corrected chi connectivity index (χ0v) is 14.0. The molecule has 0 saturated heterocycles. The van der Waals surface area contributed by atoms with Gasteiger partial charge in [0, 0.05) is 19.9 Å². The summed E-state index contributed by atoms with van der Waals surface area (Å²) in [6, 6.07) is 9.44. The first kappa shape index (κ1) is 16.9. The van der Waals surface area contributed by atoms with Crippen LogP contribution in [-0.4, -0.2) is 28.0 Å². The number of benzene rings is 1. The van der Waals surface area contributed by atoms with Crippen molar-refractivity contribution in [2.45, 2.75) is 25.8 Å². The smallest absolute Gasteiger partial charge is 0.238 e. The lowest BCUT2D eigenvalue weighted by atomic mass is 10.1. The highest BCUT2D eigenvalue weighted by molar-refractivity contribution is 5.76. The van der Waals surface area contributed by atoms with E-state index >= 15 is 0 Å². The first-order chi connectivity index (χ1) is 12.0. The van der Waals surface area contributed by atoms with E-state index in [4.69, 9.17) is 8.94 Å². The Kier molecular flexibility index (Phi) is 4.92. The molecule has 0 fully saturated rings. The molecule has 2 aromatic heterocycles. The van der Waals surface area contributed by atoms with Crippen molar-refractivity contribution in [3.63, 3.8) is 0 Å². The summed E-state index contributed by atoms with van der Waals surface area (Å²) in [6.45, 7) is 1.90. The first-order valence-corrected chi connectivity index (χ1v) is 7.92. The Labute approximate surface area is 144 Å². The van der Waals surface area contributed by atoms with Crippen LogP contribution in [0.15, 0.2) is 51.6 Å². The summed E-state index contributed by atoms with van der Waals surface area (Å²) in [5.74, 6) is 0.898. The van der Waals surface area contributed by atoms with E-state index in [0.29, 0.717) is 23.9 Å². The number of hydrogen-bond acceptors (Lipinski definition) is 5. The van der Waals surface area contributed by atoms with Crippen molar-refractivity contribution >= 4 is 5.91 Å².